The third-order valence-corrected chi connectivity index (χ3v) is 2.80. The first-order valence-electron chi connectivity index (χ1n) is 5.45. The number of primary amides is 1. The lowest BCUT2D eigenvalue weighted by molar-refractivity contribution is 0.0996. The Hall–Kier alpha value is -1.84. The van der Waals surface area contributed by atoms with E-state index in [1.54, 1.807) is 12.3 Å². The summed E-state index contributed by atoms with van der Waals surface area (Å²) < 4.78 is 2.20. The summed E-state index contributed by atoms with van der Waals surface area (Å²) in [6, 6.07) is 3.84. The van der Waals surface area contributed by atoms with E-state index in [1.165, 1.54) is 5.69 Å². The minimum absolute atomic E-state index is 0.323. The maximum absolute atomic E-state index is 11.0. The van der Waals surface area contributed by atoms with Gasteiger partial charge in [-0.3, -0.25) is 4.79 Å². The standard InChI is InChI=1S/C12H15N3O/c1-3-9-5-8-6-10(12(13)16)14-7-11(8)15(9)4-2/h5-7H,3-4H2,1-2H3,(H2,13,16). The van der Waals surface area contributed by atoms with Gasteiger partial charge in [-0.05, 0) is 25.5 Å². The second-order valence-corrected chi connectivity index (χ2v) is 3.73. The molecule has 0 atom stereocenters. The molecule has 0 aliphatic heterocycles. The van der Waals surface area contributed by atoms with E-state index in [4.69, 9.17) is 5.73 Å². The molecule has 2 N–H and O–H groups in total. The van der Waals surface area contributed by atoms with Crippen LogP contribution in [0.4, 0.5) is 0 Å². The summed E-state index contributed by atoms with van der Waals surface area (Å²) in [5, 5.41) is 1.03. The highest BCUT2D eigenvalue weighted by Gasteiger charge is 2.09. The first-order chi connectivity index (χ1) is 7.67. The first kappa shape index (κ1) is 10.7. The zero-order valence-electron chi connectivity index (χ0n) is 9.53. The quantitative estimate of drug-likeness (QED) is 0.850. The average molecular weight is 217 g/mol. The number of rotatable bonds is 3. The smallest absolute Gasteiger partial charge is 0.267 e. The van der Waals surface area contributed by atoms with Crippen molar-refractivity contribution in [3.8, 4) is 0 Å². The fourth-order valence-electron chi connectivity index (χ4n) is 2.02. The van der Waals surface area contributed by atoms with E-state index in [0.29, 0.717) is 5.69 Å². The van der Waals surface area contributed by atoms with Gasteiger partial charge in [-0.2, -0.15) is 0 Å². The van der Waals surface area contributed by atoms with Gasteiger partial charge in [0.2, 0.25) is 0 Å². The van der Waals surface area contributed by atoms with E-state index >= 15 is 0 Å². The molecule has 0 bridgehead atoms. The van der Waals surface area contributed by atoms with Gasteiger partial charge in [0.1, 0.15) is 5.69 Å². The molecule has 84 valence electrons. The number of pyridine rings is 1. The summed E-state index contributed by atoms with van der Waals surface area (Å²) in [6.07, 6.45) is 2.69. The van der Waals surface area contributed by atoms with Gasteiger partial charge in [-0.25, -0.2) is 4.98 Å². The number of carbonyl (C=O) groups excluding carboxylic acids is 1. The van der Waals surface area contributed by atoms with E-state index in [0.717, 1.165) is 23.9 Å². The largest absolute Gasteiger partial charge is 0.364 e. The number of amides is 1. The summed E-state index contributed by atoms with van der Waals surface area (Å²) in [4.78, 5) is 15.1. The summed E-state index contributed by atoms with van der Waals surface area (Å²) in [5.74, 6) is -0.482. The molecule has 2 rings (SSSR count). The third-order valence-electron chi connectivity index (χ3n) is 2.80. The average Bonchev–Trinajstić information content (AvgIpc) is 2.65. The molecule has 2 aromatic heterocycles. The molecule has 16 heavy (non-hydrogen) atoms. The number of aryl methyl sites for hydroxylation is 2. The second-order valence-electron chi connectivity index (χ2n) is 3.73. The summed E-state index contributed by atoms with van der Waals surface area (Å²) in [6.45, 7) is 5.12. The maximum Gasteiger partial charge on any atom is 0.267 e. The van der Waals surface area contributed by atoms with E-state index < -0.39 is 5.91 Å². The Morgan fingerprint density at radius 3 is 2.75 bits per heavy atom. The molecule has 4 heteroatoms. The van der Waals surface area contributed by atoms with Gasteiger partial charge < -0.3 is 10.3 Å². The van der Waals surface area contributed by atoms with Crippen LogP contribution in [-0.2, 0) is 13.0 Å². The van der Waals surface area contributed by atoms with Crippen LogP contribution in [0.1, 0.15) is 30.0 Å². The fourth-order valence-corrected chi connectivity index (χ4v) is 2.02. The molecular weight excluding hydrogens is 202 g/mol. The van der Waals surface area contributed by atoms with Crippen molar-refractivity contribution in [2.24, 2.45) is 5.73 Å². The monoisotopic (exact) mass is 217 g/mol. The van der Waals surface area contributed by atoms with Gasteiger partial charge in [0.25, 0.3) is 5.91 Å². The van der Waals surface area contributed by atoms with E-state index in [2.05, 4.69) is 29.5 Å². The molecule has 0 spiro atoms. The van der Waals surface area contributed by atoms with Crippen LogP contribution in [0.25, 0.3) is 10.9 Å². The molecule has 0 saturated heterocycles. The number of nitrogens with two attached hydrogens (primary N) is 1. The normalized spacial score (nSPS) is 10.9. The molecule has 0 aromatic carbocycles. The number of hydrogen-bond donors (Lipinski definition) is 1. The van der Waals surface area contributed by atoms with Crippen molar-refractivity contribution in [1.82, 2.24) is 9.55 Å². The van der Waals surface area contributed by atoms with Crippen molar-refractivity contribution in [3.63, 3.8) is 0 Å². The maximum atomic E-state index is 11.0. The molecule has 0 radical (unpaired) electrons. The van der Waals surface area contributed by atoms with Crippen LogP contribution in [0.2, 0.25) is 0 Å². The minimum atomic E-state index is -0.482. The number of carbonyl (C=O) groups is 1. The third kappa shape index (κ3) is 1.56. The van der Waals surface area contributed by atoms with Crippen LogP contribution in [-0.4, -0.2) is 15.5 Å². The molecule has 1 amide bonds. The Balaban J connectivity index is 2.67. The lowest BCUT2D eigenvalue weighted by Crippen LogP contribution is -2.12. The Kier molecular flexibility index (Phi) is 2.64. The topological polar surface area (TPSA) is 60.9 Å². The summed E-state index contributed by atoms with van der Waals surface area (Å²) >= 11 is 0. The predicted molar refractivity (Wildman–Crippen MR) is 63.3 cm³/mol. The molecule has 2 aromatic rings. The van der Waals surface area contributed by atoms with Gasteiger partial charge in [0.15, 0.2) is 0 Å². The molecule has 0 aliphatic rings. The van der Waals surface area contributed by atoms with Crippen molar-refractivity contribution in [3.05, 3.63) is 29.7 Å². The SMILES string of the molecule is CCc1cc2cc(C(N)=O)ncc2n1CC. The van der Waals surface area contributed by atoms with Crippen LogP contribution in [0.3, 0.4) is 0 Å². The Bertz CT molecular complexity index is 542. The molecule has 0 saturated carbocycles. The van der Waals surface area contributed by atoms with Crippen molar-refractivity contribution in [2.45, 2.75) is 26.8 Å². The molecular formula is C12H15N3O. The van der Waals surface area contributed by atoms with Crippen molar-refractivity contribution < 1.29 is 4.79 Å². The van der Waals surface area contributed by atoms with Gasteiger partial charge >= 0.3 is 0 Å². The van der Waals surface area contributed by atoms with Gasteiger partial charge in [0.05, 0.1) is 11.7 Å². The highest BCUT2D eigenvalue weighted by atomic mass is 16.1. The van der Waals surface area contributed by atoms with Gasteiger partial charge in [-0.15, -0.1) is 0 Å². The second kappa shape index (κ2) is 3.96. The highest BCUT2D eigenvalue weighted by molar-refractivity contribution is 5.95. The van der Waals surface area contributed by atoms with Crippen LogP contribution < -0.4 is 5.73 Å². The van der Waals surface area contributed by atoms with E-state index in [-0.39, 0.29) is 0 Å². The van der Waals surface area contributed by atoms with Gasteiger partial charge in [0, 0.05) is 17.6 Å². The highest BCUT2D eigenvalue weighted by Crippen LogP contribution is 2.20. The lowest BCUT2D eigenvalue weighted by Gasteiger charge is -2.05. The van der Waals surface area contributed by atoms with Crippen molar-refractivity contribution in [1.29, 1.82) is 0 Å². The van der Waals surface area contributed by atoms with Crippen LogP contribution in [0.5, 0.6) is 0 Å². The molecule has 0 unspecified atom stereocenters. The van der Waals surface area contributed by atoms with E-state index in [9.17, 15) is 4.79 Å². The van der Waals surface area contributed by atoms with E-state index in [1.807, 2.05) is 0 Å². The molecule has 0 fully saturated rings. The number of hydrogen-bond acceptors (Lipinski definition) is 2. The number of fused-ring (bicyclic) bond motifs is 1. The van der Waals surface area contributed by atoms with Crippen LogP contribution >= 0.6 is 0 Å². The first-order valence-corrected chi connectivity index (χ1v) is 5.45. The molecule has 2 heterocycles. The summed E-state index contributed by atoms with van der Waals surface area (Å²) in [7, 11) is 0. The molecule has 4 nitrogen and oxygen atoms in total. The zero-order chi connectivity index (χ0) is 11.7. The zero-order valence-corrected chi connectivity index (χ0v) is 9.53. The minimum Gasteiger partial charge on any atom is -0.364 e. The Morgan fingerprint density at radius 1 is 1.44 bits per heavy atom. The fraction of sp³-hybridized carbons (Fsp3) is 0.333. The number of aromatic nitrogens is 2. The lowest BCUT2D eigenvalue weighted by atomic mass is 10.2. The van der Waals surface area contributed by atoms with Crippen LogP contribution in [0.15, 0.2) is 18.3 Å². The Labute approximate surface area is 94.1 Å². The predicted octanol–water partition coefficient (Wildman–Crippen LogP) is 1.72. The number of nitrogens with zero attached hydrogens (tertiary/aromatic N) is 2. The Morgan fingerprint density at radius 2 is 2.19 bits per heavy atom. The van der Waals surface area contributed by atoms with Gasteiger partial charge in [-0.1, -0.05) is 6.92 Å². The molecule has 0 aliphatic carbocycles. The van der Waals surface area contributed by atoms with Crippen molar-refractivity contribution in [2.75, 3.05) is 0 Å². The van der Waals surface area contributed by atoms with Crippen molar-refractivity contribution >= 4 is 16.8 Å². The summed E-state index contributed by atoms with van der Waals surface area (Å²) in [5.41, 5.74) is 7.84. The van der Waals surface area contributed by atoms with Crippen LogP contribution in [0, 0.1) is 0 Å².